The Balaban J connectivity index is 1.61. The van der Waals surface area contributed by atoms with E-state index in [-0.39, 0.29) is 12.3 Å². The van der Waals surface area contributed by atoms with E-state index in [4.69, 9.17) is 4.74 Å². The summed E-state index contributed by atoms with van der Waals surface area (Å²) >= 11 is 0. The van der Waals surface area contributed by atoms with Crippen LogP contribution in [0.3, 0.4) is 0 Å². The van der Waals surface area contributed by atoms with E-state index in [1.807, 2.05) is 35.1 Å². The molecular formula is C29H32N2O3. The second-order valence-electron chi connectivity index (χ2n) is 8.85. The van der Waals surface area contributed by atoms with E-state index in [2.05, 4.69) is 55.3 Å². The molecule has 0 aliphatic carbocycles. The Morgan fingerprint density at radius 1 is 1.09 bits per heavy atom. The minimum atomic E-state index is -0.804. The van der Waals surface area contributed by atoms with Gasteiger partial charge in [0, 0.05) is 24.7 Å². The molecule has 176 valence electrons. The normalized spacial score (nSPS) is 12.1. The molecule has 34 heavy (non-hydrogen) atoms. The van der Waals surface area contributed by atoms with Crippen LogP contribution in [-0.4, -0.2) is 27.5 Å². The van der Waals surface area contributed by atoms with Gasteiger partial charge in [0.2, 0.25) is 0 Å². The molecule has 0 aliphatic rings. The van der Waals surface area contributed by atoms with Crippen LogP contribution >= 0.6 is 0 Å². The number of benzene rings is 3. The van der Waals surface area contributed by atoms with Gasteiger partial charge in [-0.15, -0.1) is 0 Å². The number of aryl methyl sites for hydroxylation is 2. The summed E-state index contributed by atoms with van der Waals surface area (Å²) in [7, 11) is 0. The van der Waals surface area contributed by atoms with Crippen molar-refractivity contribution in [3.8, 4) is 5.75 Å². The molecule has 1 atom stereocenters. The van der Waals surface area contributed by atoms with E-state index in [0.717, 1.165) is 29.7 Å². The predicted molar refractivity (Wildman–Crippen MR) is 136 cm³/mol. The van der Waals surface area contributed by atoms with Gasteiger partial charge >= 0.3 is 5.97 Å². The van der Waals surface area contributed by atoms with Gasteiger partial charge in [0.25, 0.3) is 0 Å². The zero-order valence-corrected chi connectivity index (χ0v) is 19.9. The first kappa shape index (κ1) is 23.6. The number of carboxylic acids is 1. The molecule has 4 rings (SSSR count). The molecule has 0 aliphatic heterocycles. The van der Waals surface area contributed by atoms with Crippen LogP contribution in [0.2, 0.25) is 0 Å². The number of ether oxygens (including phenoxy) is 1. The number of carboxylic acid groups (broad SMARTS) is 1. The third-order valence-electron chi connectivity index (χ3n) is 6.34. The van der Waals surface area contributed by atoms with Gasteiger partial charge in [0.05, 0.1) is 13.2 Å². The van der Waals surface area contributed by atoms with Crippen LogP contribution in [0.15, 0.2) is 73.1 Å². The molecule has 0 saturated heterocycles. The predicted octanol–water partition coefficient (Wildman–Crippen LogP) is 6.37. The van der Waals surface area contributed by atoms with Crippen LogP contribution in [0, 0.1) is 6.92 Å². The Hall–Kier alpha value is -3.60. The molecule has 1 unspecified atom stereocenters. The van der Waals surface area contributed by atoms with Crippen molar-refractivity contribution in [3.63, 3.8) is 0 Å². The van der Waals surface area contributed by atoms with E-state index in [1.165, 1.54) is 21.9 Å². The molecule has 4 aromatic rings. The molecule has 0 amide bonds. The molecule has 5 nitrogen and oxygen atoms in total. The monoisotopic (exact) mass is 456 g/mol. The highest BCUT2D eigenvalue weighted by Crippen LogP contribution is 2.32. The molecule has 1 N–H and O–H groups in total. The van der Waals surface area contributed by atoms with Crippen molar-refractivity contribution in [2.45, 2.75) is 52.0 Å². The SMILES string of the molecule is CCCC(COc1cc(Cn2cccn2)ccc1CCC(=O)O)c1ccc(C)c2ccccc12. The van der Waals surface area contributed by atoms with E-state index in [1.54, 1.807) is 6.20 Å². The summed E-state index contributed by atoms with van der Waals surface area (Å²) in [6.07, 6.45) is 6.29. The molecular weight excluding hydrogens is 424 g/mol. The zero-order valence-electron chi connectivity index (χ0n) is 19.9. The van der Waals surface area contributed by atoms with Crippen molar-refractivity contribution < 1.29 is 14.6 Å². The summed E-state index contributed by atoms with van der Waals surface area (Å²) in [5, 5.41) is 16.1. The number of aromatic nitrogens is 2. The van der Waals surface area contributed by atoms with Crippen molar-refractivity contribution in [2.24, 2.45) is 0 Å². The zero-order chi connectivity index (χ0) is 23.9. The maximum Gasteiger partial charge on any atom is 0.303 e. The second kappa shape index (κ2) is 11.0. The van der Waals surface area contributed by atoms with Crippen molar-refractivity contribution in [2.75, 3.05) is 6.61 Å². The maximum absolute atomic E-state index is 11.2. The Kier molecular flexibility index (Phi) is 7.63. The summed E-state index contributed by atoms with van der Waals surface area (Å²) in [6.45, 7) is 5.54. The first-order chi connectivity index (χ1) is 16.5. The Morgan fingerprint density at radius 2 is 1.91 bits per heavy atom. The van der Waals surface area contributed by atoms with Crippen LogP contribution in [0.5, 0.6) is 5.75 Å². The molecule has 1 aromatic heterocycles. The van der Waals surface area contributed by atoms with Crippen LogP contribution < -0.4 is 4.74 Å². The third kappa shape index (κ3) is 5.66. The molecule has 3 aromatic carbocycles. The summed E-state index contributed by atoms with van der Waals surface area (Å²) < 4.78 is 8.32. The number of hydrogen-bond acceptors (Lipinski definition) is 3. The van der Waals surface area contributed by atoms with Gasteiger partial charge in [-0.1, -0.05) is 61.9 Å². The highest BCUT2D eigenvalue weighted by Gasteiger charge is 2.17. The first-order valence-corrected chi connectivity index (χ1v) is 12.0. The molecule has 1 heterocycles. The minimum absolute atomic E-state index is 0.0792. The molecule has 0 fully saturated rings. The summed E-state index contributed by atoms with van der Waals surface area (Å²) in [4.78, 5) is 11.2. The lowest BCUT2D eigenvalue weighted by molar-refractivity contribution is -0.136. The van der Waals surface area contributed by atoms with Crippen LogP contribution in [0.1, 0.15) is 54.4 Å². The summed E-state index contributed by atoms with van der Waals surface area (Å²) in [6, 6.07) is 21.0. The molecule has 0 radical (unpaired) electrons. The van der Waals surface area contributed by atoms with E-state index < -0.39 is 5.97 Å². The first-order valence-electron chi connectivity index (χ1n) is 12.0. The second-order valence-corrected chi connectivity index (χ2v) is 8.85. The molecule has 0 bridgehead atoms. The fourth-order valence-electron chi connectivity index (χ4n) is 4.56. The highest BCUT2D eigenvalue weighted by molar-refractivity contribution is 5.89. The number of rotatable bonds is 11. The highest BCUT2D eigenvalue weighted by atomic mass is 16.5. The van der Waals surface area contributed by atoms with Crippen molar-refractivity contribution in [1.29, 1.82) is 0 Å². The topological polar surface area (TPSA) is 64.4 Å². The van der Waals surface area contributed by atoms with Crippen LogP contribution in [0.4, 0.5) is 0 Å². The van der Waals surface area contributed by atoms with Crippen molar-refractivity contribution in [1.82, 2.24) is 9.78 Å². The van der Waals surface area contributed by atoms with Crippen molar-refractivity contribution >= 4 is 16.7 Å². The van der Waals surface area contributed by atoms with E-state index in [0.29, 0.717) is 19.6 Å². The van der Waals surface area contributed by atoms with Gasteiger partial charge in [0.1, 0.15) is 5.75 Å². The van der Waals surface area contributed by atoms with E-state index >= 15 is 0 Å². The third-order valence-corrected chi connectivity index (χ3v) is 6.34. The van der Waals surface area contributed by atoms with Crippen LogP contribution in [-0.2, 0) is 17.8 Å². The smallest absolute Gasteiger partial charge is 0.303 e. The number of fused-ring (bicyclic) bond motifs is 1. The lowest BCUT2D eigenvalue weighted by Crippen LogP contribution is -2.13. The Bertz CT molecular complexity index is 1250. The van der Waals surface area contributed by atoms with Crippen molar-refractivity contribution in [3.05, 3.63) is 95.3 Å². The molecule has 5 heteroatoms. The lowest BCUT2D eigenvalue weighted by Gasteiger charge is -2.22. The fraction of sp³-hybridized carbons (Fsp3) is 0.310. The number of nitrogens with zero attached hydrogens (tertiary/aromatic N) is 2. The Morgan fingerprint density at radius 3 is 2.65 bits per heavy atom. The van der Waals surface area contributed by atoms with Gasteiger partial charge in [-0.05, 0) is 64.9 Å². The summed E-state index contributed by atoms with van der Waals surface area (Å²) in [5.41, 5.74) is 4.59. The average Bonchev–Trinajstić information content (AvgIpc) is 3.35. The standard InChI is InChI=1S/C29H32N2O3/c1-3-7-24(26-14-10-21(2)25-8-4-5-9-27(25)26)20-34-28-18-22(19-31-17-6-16-30-31)11-12-23(28)13-15-29(32)33/h4-6,8-12,14,16-18,24H,3,7,13,15,19-20H2,1-2H3,(H,32,33). The molecule has 0 spiro atoms. The number of aliphatic carboxylic acids is 1. The largest absolute Gasteiger partial charge is 0.493 e. The quantitative estimate of drug-likeness (QED) is 0.285. The summed E-state index contributed by atoms with van der Waals surface area (Å²) in [5.74, 6) is 0.211. The maximum atomic E-state index is 11.2. The van der Waals surface area contributed by atoms with Gasteiger partial charge < -0.3 is 9.84 Å². The average molecular weight is 457 g/mol. The van der Waals surface area contributed by atoms with Gasteiger partial charge in [-0.25, -0.2) is 0 Å². The minimum Gasteiger partial charge on any atom is -0.493 e. The Labute approximate surface area is 201 Å². The fourth-order valence-corrected chi connectivity index (χ4v) is 4.56. The number of carbonyl (C=O) groups is 1. The van der Waals surface area contributed by atoms with E-state index in [9.17, 15) is 9.90 Å². The lowest BCUT2D eigenvalue weighted by atomic mass is 9.89. The van der Waals surface area contributed by atoms with Gasteiger partial charge in [-0.3, -0.25) is 9.48 Å². The number of hydrogen-bond donors (Lipinski definition) is 1. The van der Waals surface area contributed by atoms with Gasteiger partial charge in [-0.2, -0.15) is 5.10 Å². The molecule has 0 saturated carbocycles. The van der Waals surface area contributed by atoms with Gasteiger partial charge in [0.15, 0.2) is 0 Å². The van der Waals surface area contributed by atoms with Crippen LogP contribution in [0.25, 0.3) is 10.8 Å².